The highest BCUT2D eigenvalue weighted by Gasteiger charge is 2.07. The van der Waals surface area contributed by atoms with E-state index in [0.29, 0.717) is 6.61 Å². The molecular formula is C17H20BrNO2. The van der Waals surface area contributed by atoms with Crippen molar-refractivity contribution in [2.24, 2.45) is 0 Å². The van der Waals surface area contributed by atoms with Crippen LogP contribution in [0.3, 0.4) is 0 Å². The van der Waals surface area contributed by atoms with E-state index in [4.69, 9.17) is 9.47 Å². The van der Waals surface area contributed by atoms with Crippen LogP contribution in [-0.4, -0.2) is 20.3 Å². The third kappa shape index (κ3) is 4.76. The van der Waals surface area contributed by atoms with Gasteiger partial charge < -0.3 is 14.8 Å². The van der Waals surface area contributed by atoms with Gasteiger partial charge in [-0.25, -0.2) is 0 Å². The molecule has 0 unspecified atom stereocenters. The number of methoxy groups -OCH3 is 1. The average Bonchev–Trinajstić information content (AvgIpc) is 2.52. The Morgan fingerprint density at radius 3 is 2.38 bits per heavy atom. The second-order valence-corrected chi connectivity index (χ2v) is 5.58. The summed E-state index contributed by atoms with van der Waals surface area (Å²) in [6.07, 6.45) is 0. The third-order valence-electron chi connectivity index (χ3n) is 3.25. The van der Waals surface area contributed by atoms with Crippen molar-refractivity contribution in [2.75, 3.05) is 20.3 Å². The van der Waals surface area contributed by atoms with Crippen molar-refractivity contribution >= 4 is 15.9 Å². The number of hydrogen-bond acceptors (Lipinski definition) is 3. The molecule has 0 bridgehead atoms. The van der Waals surface area contributed by atoms with Gasteiger partial charge in [-0.3, -0.25) is 0 Å². The molecule has 2 aromatic rings. The lowest BCUT2D eigenvalue weighted by atomic mass is 10.1. The summed E-state index contributed by atoms with van der Waals surface area (Å²) in [5.74, 6) is 1.69. The standard InChI is InChI=1S/C17H20BrNO2/c1-13(16-5-3-4-6-17(16)18)19-11-12-21-15-9-7-14(20-2)8-10-15/h3-10,13,19H,11-12H2,1-2H3/t13-/m0/s1. The summed E-state index contributed by atoms with van der Waals surface area (Å²) in [6.45, 7) is 3.56. The lowest BCUT2D eigenvalue weighted by Gasteiger charge is -2.16. The normalized spacial score (nSPS) is 12.0. The van der Waals surface area contributed by atoms with Crippen molar-refractivity contribution in [2.45, 2.75) is 13.0 Å². The van der Waals surface area contributed by atoms with Crippen LogP contribution >= 0.6 is 15.9 Å². The molecule has 0 aliphatic heterocycles. The van der Waals surface area contributed by atoms with Gasteiger partial charge in [0.1, 0.15) is 18.1 Å². The first kappa shape index (κ1) is 15.9. The van der Waals surface area contributed by atoms with Gasteiger partial charge in [0.25, 0.3) is 0 Å². The largest absolute Gasteiger partial charge is 0.497 e. The highest BCUT2D eigenvalue weighted by molar-refractivity contribution is 9.10. The van der Waals surface area contributed by atoms with Crippen LogP contribution < -0.4 is 14.8 Å². The molecule has 0 aliphatic carbocycles. The Balaban J connectivity index is 1.75. The van der Waals surface area contributed by atoms with Crippen molar-refractivity contribution in [1.29, 1.82) is 0 Å². The van der Waals surface area contributed by atoms with Gasteiger partial charge >= 0.3 is 0 Å². The number of rotatable bonds is 7. The van der Waals surface area contributed by atoms with E-state index in [1.807, 2.05) is 36.4 Å². The molecule has 0 saturated heterocycles. The maximum Gasteiger partial charge on any atom is 0.119 e. The molecule has 0 saturated carbocycles. The van der Waals surface area contributed by atoms with Crippen molar-refractivity contribution in [3.05, 3.63) is 58.6 Å². The van der Waals surface area contributed by atoms with Gasteiger partial charge in [0.15, 0.2) is 0 Å². The van der Waals surface area contributed by atoms with Gasteiger partial charge in [0.05, 0.1) is 7.11 Å². The smallest absolute Gasteiger partial charge is 0.119 e. The van der Waals surface area contributed by atoms with Crippen LogP contribution in [-0.2, 0) is 0 Å². The van der Waals surface area contributed by atoms with Crippen molar-refractivity contribution in [1.82, 2.24) is 5.32 Å². The summed E-state index contributed by atoms with van der Waals surface area (Å²) in [6, 6.07) is 16.1. The predicted octanol–water partition coefficient (Wildman–Crippen LogP) is 4.19. The molecule has 0 spiro atoms. The molecule has 3 nitrogen and oxygen atoms in total. The van der Waals surface area contributed by atoms with Crippen LogP contribution in [0.5, 0.6) is 11.5 Å². The Labute approximate surface area is 134 Å². The summed E-state index contributed by atoms with van der Waals surface area (Å²) in [4.78, 5) is 0. The van der Waals surface area contributed by atoms with Gasteiger partial charge in [-0.1, -0.05) is 34.1 Å². The Morgan fingerprint density at radius 2 is 1.71 bits per heavy atom. The lowest BCUT2D eigenvalue weighted by Crippen LogP contribution is -2.24. The topological polar surface area (TPSA) is 30.5 Å². The van der Waals surface area contributed by atoms with E-state index in [0.717, 1.165) is 22.5 Å². The Kier molecular flexibility index (Phi) is 6.08. The van der Waals surface area contributed by atoms with Crippen LogP contribution in [0.1, 0.15) is 18.5 Å². The van der Waals surface area contributed by atoms with Crippen LogP contribution in [0.15, 0.2) is 53.0 Å². The van der Waals surface area contributed by atoms with E-state index in [-0.39, 0.29) is 6.04 Å². The molecule has 21 heavy (non-hydrogen) atoms. The number of halogens is 1. The fourth-order valence-electron chi connectivity index (χ4n) is 2.05. The second kappa shape index (κ2) is 8.05. The summed E-state index contributed by atoms with van der Waals surface area (Å²) in [5, 5.41) is 3.45. The number of benzene rings is 2. The van der Waals surface area contributed by atoms with Gasteiger partial charge in [0.2, 0.25) is 0 Å². The Morgan fingerprint density at radius 1 is 1.05 bits per heavy atom. The SMILES string of the molecule is COc1ccc(OCCN[C@@H](C)c2ccccc2Br)cc1. The molecular weight excluding hydrogens is 330 g/mol. The zero-order chi connectivity index (χ0) is 15.1. The highest BCUT2D eigenvalue weighted by atomic mass is 79.9. The van der Waals surface area contributed by atoms with Crippen LogP contribution in [0.25, 0.3) is 0 Å². The van der Waals surface area contributed by atoms with Crippen molar-refractivity contribution in [3.63, 3.8) is 0 Å². The molecule has 0 fully saturated rings. The average molecular weight is 350 g/mol. The molecule has 0 aliphatic rings. The molecule has 112 valence electrons. The molecule has 1 atom stereocenters. The third-order valence-corrected chi connectivity index (χ3v) is 3.97. The van der Waals surface area contributed by atoms with Crippen molar-refractivity contribution < 1.29 is 9.47 Å². The van der Waals surface area contributed by atoms with Crippen molar-refractivity contribution in [3.8, 4) is 11.5 Å². The first-order chi connectivity index (χ1) is 10.2. The fraction of sp³-hybridized carbons (Fsp3) is 0.294. The highest BCUT2D eigenvalue weighted by Crippen LogP contribution is 2.22. The van der Waals surface area contributed by atoms with Gasteiger partial charge in [-0.05, 0) is 42.8 Å². The summed E-state index contributed by atoms with van der Waals surface area (Å²) in [7, 11) is 1.66. The summed E-state index contributed by atoms with van der Waals surface area (Å²) >= 11 is 3.57. The minimum atomic E-state index is 0.278. The van der Waals surface area contributed by atoms with Gasteiger partial charge in [0, 0.05) is 17.1 Å². The van der Waals surface area contributed by atoms with E-state index < -0.39 is 0 Å². The molecule has 0 radical (unpaired) electrons. The molecule has 2 aromatic carbocycles. The van der Waals surface area contributed by atoms with E-state index in [9.17, 15) is 0 Å². The molecule has 2 rings (SSSR count). The minimum Gasteiger partial charge on any atom is -0.497 e. The molecule has 1 N–H and O–H groups in total. The van der Waals surface area contributed by atoms with E-state index >= 15 is 0 Å². The fourth-order valence-corrected chi connectivity index (χ4v) is 2.68. The van der Waals surface area contributed by atoms with E-state index in [2.05, 4.69) is 40.3 Å². The molecule has 4 heteroatoms. The minimum absolute atomic E-state index is 0.278. The number of ether oxygens (including phenoxy) is 2. The maximum absolute atomic E-state index is 5.69. The zero-order valence-electron chi connectivity index (χ0n) is 12.3. The van der Waals surface area contributed by atoms with Crippen LogP contribution in [0.4, 0.5) is 0 Å². The first-order valence-electron chi connectivity index (χ1n) is 6.95. The maximum atomic E-state index is 5.69. The van der Waals surface area contributed by atoms with E-state index in [1.165, 1.54) is 5.56 Å². The van der Waals surface area contributed by atoms with Crippen LogP contribution in [0.2, 0.25) is 0 Å². The number of hydrogen-bond donors (Lipinski definition) is 1. The molecule has 0 aromatic heterocycles. The molecule has 0 amide bonds. The van der Waals surface area contributed by atoms with Crippen LogP contribution in [0, 0.1) is 0 Å². The lowest BCUT2D eigenvalue weighted by molar-refractivity contribution is 0.307. The first-order valence-corrected chi connectivity index (χ1v) is 7.74. The number of nitrogens with one attached hydrogen (secondary N) is 1. The van der Waals surface area contributed by atoms with E-state index in [1.54, 1.807) is 7.11 Å². The second-order valence-electron chi connectivity index (χ2n) is 4.72. The Bertz CT molecular complexity index is 557. The zero-order valence-corrected chi connectivity index (χ0v) is 13.9. The monoisotopic (exact) mass is 349 g/mol. The predicted molar refractivity (Wildman–Crippen MR) is 89.0 cm³/mol. The summed E-state index contributed by atoms with van der Waals surface area (Å²) < 4.78 is 11.9. The summed E-state index contributed by atoms with van der Waals surface area (Å²) in [5.41, 5.74) is 1.25. The molecule has 0 heterocycles. The van der Waals surface area contributed by atoms with Gasteiger partial charge in [-0.15, -0.1) is 0 Å². The quantitative estimate of drug-likeness (QED) is 0.760. The van der Waals surface area contributed by atoms with Gasteiger partial charge in [-0.2, -0.15) is 0 Å². The Hall–Kier alpha value is -1.52.